The van der Waals surface area contributed by atoms with Gasteiger partial charge in [0.15, 0.2) is 0 Å². The highest BCUT2D eigenvalue weighted by Crippen LogP contribution is 2.27. The molecule has 2 aliphatic rings. The van der Waals surface area contributed by atoms with Crippen LogP contribution in [0.5, 0.6) is 0 Å². The van der Waals surface area contributed by atoms with Crippen LogP contribution in [0, 0.1) is 17.7 Å². The van der Waals surface area contributed by atoms with E-state index in [1.807, 2.05) is 30.3 Å². The van der Waals surface area contributed by atoms with E-state index in [0.29, 0.717) is 30.0 Å². The lowest BCUT2D eigenvalue weighted by Crippen LogP contribution is -2.48. The van der Waals surface area contributed by atoms with E-state index in [9.17, 15) is 9.18 Å². The molecule has 2 aromatic carbocycles. The van der Waals surface area contributed by atoms with Gasteiger partial charge in [0.2, 0.25) is 0 Å². The first-order valence-electron chi connectivity index (χ1n) is 10.2. The highest BCUT2D eigenvalue weighted by Gasteiger charge is 2.30. The highest BCUT2D eigenvalue weighted by atomic mass is 35.5. The Hall–Kier alpha value is -2.11. The lowest BCUT2D eigenvalue weighted by molar-refractivity contribution is 0.0870. The van der Waals surface area contributed by atoms with Gasteiger partial charge in [-0.2, -0.15) is 0 Å². The number of piperidine rings is 1. The summed E-state index contributed by atoms with van der Waals surface area (Å²) in [7, 11) is 0. The van der Waals surface area contributed by atoms with Crippen molar-refractivity contribution in [2.75, 3.05) is 37.7 Å². The first kappa shape index (κ1) is 20.2. The summed E-state index contributed by atoms with van der Waals surface area (Å²) in [5.74, 6) is 0.592. The Morgan fingerprint density at radius 1 is 1.07 bits per heavy atom. The third kappa shape index (κ3) is 5.09. The fraction of sp³-hybridized carbons (Fsp3) is 0.435. The molecule has 1 amide bonds. The van der Waals surface area contributed by atoms with E-state index < -0.39 is 0 Å². The first-order valence-corrected chi connectivity index (χ1v) is 10.6. The number of nitrogens with zero attached hydrogens (tertiary/aromatic N) is 2. The van der Waals surface area contributed by atoms with Crippen molar-refractivity contribution < 1.29 is 13.9 Å². The quantitative estimate of drug-likeness (QED) is 0.687. The van der Waals surface area contributed by atoms with Crippen molar-refractivity contribution >= 4 is 23.4 Å². The molecule has 154 valence electrons. The number of carbonyl (C=O) groups excluding carboxylic acids is 1. The predicted molar refractivity (Wildman–Crippen MR) is 113 cm³/mol. The first-order chi connectivity index (χ1) is 14.1. The summed E-state index contributed by atoms with van der Waals surface area (Å²) in [6, 6.07) is 14.3. The Labute approximate surface area is 176 Å². The molecule has 2 aliphatic heterocycles. The maximum Gasteiger partial charge on any atom is 0.414 e. The number of cyclic esters (lactones) is 1. The molecule has 0 saturated carbocycles. The van der Waals surface area contributed by atoms with E-state index in [1.54, 1.807) is 17.0 Å². The van der Waals surface area contributed by atoms with Gasteiger partial charge in [0.25, 0.3) is 0 Å². The van der Waals surface area contributed by atoms with Gasteiger partial charge in [0.05, 0.1) is 6.61 Å². The molecule has 0 N–H and O–H groups in total. The Kier molecular flexibility index (Phi) is 6.36. The number of amides is 1. The molecule has 0 aliphatic carbocycles. The van der Waals surface area contributed by atoms with Crippen molar-refractivity contribution in [1.29, 1.82) is 0 Å². The second-order valence-electron chi connectivity index (χ2n) is 8.07. The summed E-state index contributed by atoms with van der Waals surface area (Å²) in [6.07, 6.45) is 2.70. The molecule has 0 aromatic heterocycles. The molecular formula is C23H26ClFN2O2. The average molecular weight is 417 g/mol. The van der Waals surface area contributed by atoms with Gasteiger partial charge >= 0.3 is 6.09 Å². The van der Waals surface area contributed by atoms with Crippen LogP contribution in [-0.4, -0.2) is 43.8 Å². The van der Waals surface area contributed by atoms with E-state index in [-0.39, 0.29) is 11.9 Å². The number of likely N-dealkylation sites (tertiary alicyclic amines) is 1. The number of rotatable bonds is 5. The van der Waals surface area contributed by atoms with Gasteiger partial charge in [-0.25, -0.2) is 9.18 Å². The number of benzene rings is 2. The van der Waals surface area contributed by atoms with Crippen molar-refractivity contribution in [2.24, 2.45) is 11.8 Å². The molecular weight excluding hydrogens is 391 g/mol. The second-order valence-corrected chi connectivity index (χ2v) is 8.48. The number of halogens is 2. The predicted octanol–water partition coefficient (Wildman–Crippen LogP) is 5.01. The molecule has 1 atom stereocenters. The molecule has 0 radical (unpaired) electrons. The summed E-state index contributed by atoms with van der Waals surface area (Å²) < 4.78 is 18.9. The second kappa shape index (κ2) is 9.14. The van der Waals surface area contributed by atoms with E-state index in [4.69, 9.17) is 16.3 Å². The van der Waals surface area contributed by atoms with E-state index >= 15 is 0 Å². The van der Waals surface area contributed by atoms with Gasteiger partial charge < -0.3 is 9.64 Å². The van der Waals surface area contributed by atoms with Crippen molar-refractivity contribution in [3.63, 3.8) is 0 Å². The normalized spacial score (nSPS) is 21.2. The monoisotopic (exact) mass is 416 g/mol. The van der Waals surface area contributed by atoms with E-state index in [2.05, 4.69) is 4.90 Å². The Balaban J connectivity index is 1.28. The Bertz CT molecular complexity index is 840. The third-order valence-corrected chi connectivity index (χ3v) is 6.28. The van der Waals surface area contributed by atoms with E-state index in [0.717, 1.165) is 50.1 Å². The number of hydrogen-bond acceptors (Lipinski definition) is 3. The number of ether oxygens (including phenoxy) is 1. The summed E-state index contributed by atoms with van der Waals surface area (Å²) in [5, 5.41) is 0.652. The highest BCUT2D eigenvalue weighted by molar-refractivity contribution is 6.31. The third-order valence-electron chi connectivity index (χ3n) is 5.91. The number of anilines is 1. The fourth-order valence-electron chi connectivity index (χ4n) is 4.33. The molecule has 0 bridgehead atoms. The summed E-state index contributed by atoms with van der Waals surface area (Å²) in [6.45, 7) is 4.09. The van der Waals surface area contributed by atoms with Crippen LogP contribution >= 0.6 is 11.6 Å². The van der Waals surface area contributed by atoms with Crippen LogP contribution in [0.4, 0.5) is 14.9 Å². The molecule has 2 saturated heterocycles. The minimum atomic E-state index is -0.266. The van der Waals surface area contributed by atoms with Gasteiger partial charge in [-0.05, 0) is 74.2 Å². The zero-order chi connectivity index (χ0) is 20.2. The molecule has 4 nitrogen and oxygen atoms in total. The van der Waals surface area contributed by atoms with Crippen LogP contribution in [-0.2, 0) is 11.2 Å². The minimum Gasteiger partial charge on any atom is -0.449 e. The lowest BCUT2D eigenvalue weighted by atomic mass is 9.89. The minimum absolute atomic E-state index is 0.225. The summed E-state index contributed by atoms with van der Waals surface area (Å²) in [5.41, 5.74) is 1.79. The van der Waals surface area contributed by atoms with Crippen LogP contribution < -0.4 is 4.90 Å². The van der Waals surface area contributed by atoms with Crippen molar-refractivity contribution in [3.8, 4) is 0 Å². The van der Waals surface area contributed by atoms with Crippen molar-refractivity contribution in [2.45, 2.75) is 19.3 Å². The van der Waals surface area contributed by atoms with Crippen LogP contribution in [0.25, 0.3) is 0 Å². The Morgan fingerprint density at radius 3 is 2.59 bits per heavy atom. The molecule has 29 heavy (non-hydrogen) atoms. The fourth-order valence-corrected chi connectivity index (χ4v) is 4.53. The molecule has 0 spiro atoms. The molecule has 2 aromatic rings. The van der Waals surface area contributed by atoms with Crippen LogP contribution in [0.15, 0.2) is 48.5 Å². The van der Waals surface area contributed by atoms with Crippen LogP contribution in [0.3, 0.4) is 0 Å². The summed E-state index contributed by atoms with van der Waals surface area (Å²) >= 11 is 6.23. The van der Waals surface area contributed by atoms with Gasteiger partial charge in [-0.3, -0.25) is 4.90 Å². The van der Waals surface area contributed by atoms with Crippen molar-refractivity contribution in [1.82, 2.24) is 4.90 Å². The van der Waals surface area contributed by atoms with E-state index in [1.165, 1.54) is 6.07 Å². The number of hydrogen-bond donors (Lipinski definition) is 0. The SMILES string of the molecule is O=C1OCC(CN2CCC(Cc3cc(F)ccc3Cl)CC2)CN1c1ccccc1. The zero-order valence-electron chi connectivity index (χ0n) is 16.4. The molecule has 2 fully saturated rings. The van der Waals surface area contributed by atoms with Gasteiger partial charge in [-0.1, -0.05) is 29.8 Å². The van der Waals surface area contributed by atoms with Crippen LogP contribution in [0.2, 0.25) is 5.02 Å². The molecule has 1 unspecified atom stereocenters. The maximum atomic E-state index is 13.5. The van der Waals surface area contributed by atoms with Gasteiger partial charge in [0.1, 0.15) is 5.82 Å². The number of carbonyl (C=O) groups is 1. The molecule has 4 rings (SSSR count). The standard InChI is InChI=1S/C23H26ClFN2O2/c24-22-7-6-20(25)13-19(22)12-17-8-10-26(11-9-17)14-18-15-27(23(28)29-16-18)21-4-2-1-3-5-21/h1-7,13,17-18H,8-12,14-16H2. The maximum absolute atomic E-state index is 13.5. The average Bonchev–Trinajstić information content (AvgIpc) is 2.74. The van der Waals surface area contributed by atoms with Gasteiger partial charge in [-0.15, -0.1) is 0 Å². The lowest BCUT2D eigenvalue weighted by Gasteiger charge is -2.37. The molecule has 6 heteroatoms. The largest absolute Gasteiger partial charge is 0.449 e. The smallest absolute Gasteiger partial charge is 0.414 e. The van der Waals surface area contributed by atoms with Crippen molar-refractivity contribution in [3.05, 3.63) is 64.9 Å². The van der Waals surface area contributed by atoms with Gasteiger partial charge in [0, 0.05) is 29.7 Å². The van der Waals surface area contributed by atoms with Crippen LogP contribution in [0.1, 0.15) is 18.4 Å². The molecule has 2 heterocycles. The number of para-hydroxylation sites is 1. The topological polar surface area (TPSA) is 32.8 Å². The summed E-state index contributed by atoms with van der Waals surface area (Å²) in [4.78, 5) is 16.3. The zero-order valence-corrected chi connectivity index (χ0v) is 17.2. The Morgan fingerprint density at radius 2 is 1.83 bits per heavy atom.